The van der Waals surface area contributed by atoms with Gasteiger partial charge in [0.2, 0.25) is 6.79 Å². The number of amides is 1. The first-order chi connectivity index (χ1) is 16.0. The summed E-state index contributed by atoms with van der Waals surface area (Å²) in [5, 5.41) is 3.59. The Labute approximate surface area is 192 Å². The van der Waals surface area contributed by atoms with Gasteiger partial charge in [0.15, 0.2) is 11.5 Å². The van der Waals surface area contributed by atoms with Crippen LogP contribution in [-0.2, 0) is 13.1 Å². The number of nitrogens with one attached hydrogen (secondary N) is 2. The Morgan fingerprint density at radius 2 is 1.85 bits per heavy atom. The number of halogens is 1. The fourth-order valence-corrected chi connectivity index (χ4v) is 3.90. The minimum atomic E-state index is -0.535. The van der Waals surface area contributed by atoms with Gasteiger partial charge in [-0.2, -0.15) is 0 Å². The minimum Gasteiger partial charge on any atom is -0.454 e. The van der Waals surface area contributed by atoms with Crippen LogP contribution in [0.15, 0.2) is 70.3 Å². The maximum absolute atomic E-state index is 13.1. The Kier molecular flexibility index (Phi) is 5.35. The first-order valence-electron chi connectivity index (χ1n) is 10.2. The fourth-order valence-electron chi connectivity index (χ4n) is 3.69. The van der Waals surface area contributed by atoms with Gasteiger partial charge in [-0.25, -0.2) is 4.79 Å². The van der Waals surface area contributed by atoms with E-state index in [4.69, 9.17) is 21.1 Å². The number of aromatic amines is 1. The lowest BCUT2D eigenvalue weighted by atomic mass is 10.1. The molecule has 0 bridgehead atoms. The lowest BCUT2D eigenvalue weighted by Crippen LogP contribution is -2.35. The van der Waals surface area contributed by atoms with Crippen LogP contribution in [0.3, 0.4) is 0 Å². The van der Waals surface area contributed by atoms with Crippen molar-refractivity contribution in [2.24, 2.45) is 0 Å². The van der Waals surface area contributed by atoms with Gasteiger partial charge in [0, 0.05) is 17.1 Å². The molecule has 0 saturated heterocycles. The highest BCUT2D eigenvalue weighted by Crippen LogP contribution is 2.32. The molecule has 2 N–H and O–H groups in total. The van der Waals surface area contributed by atoms with Crippen LogP contribution in [0.2, 0.25) is 5.02 Å². The van der Waals surface area contributed by atoms with Crippen LogP contribution in [0, 0.1) is 0 Å². The highest BCUT2D eigenvalue weighted by molar-refractivity contribution is 6.30. The summed E-state index contributed by atoms with van der Waals surface area (Å²) in [6, 6.07) is 17.0. The van der Waals surface area contributed by atoms with E-state index in [9.17, 15) is 14.4 Å². The van der Waals surface area contributed by atoms with Gasteiger partial charge in [-0.3, -0.25) is 14.2 Å². The standard InChI is InChI=1S/C24H18ClN3O5/c25-17-3-1-2-15(8-17)12-28-23(30)18-10-16(5-6-19(18)27-24(28)31)22(29)26-11-14-4-7-20-21(9-14)33-13-32-20/h1-10H,11-13H2,(H,26,29)(H,27,31). The SMILES string of the molecule is O=C(NCc1ccc2c(c1)OCO2)c1ccc2[nH]c(=O)n(Cc3cccc(Cl)c3)c(=O)c2c1. The Balaban J connectivity index is 1.40. The van der Waals surface area contributed by atoms with E-state index in [0.717, 1.165) is 10.1 Å². The third kappa shape index (κ3) is 4.20. The van der Waals surface area contributed by atoms with Crippen molar-refractivity contribution in [3.8, 4) is 11.5 Å². The first kappa shape index (κ1) is 20.8. The second-order valence-electron chi connectivity index (χ2n) is 7.58. The molecule has 2 heterocycles. The lowest BCUT2D eigenvalue weighted by molar-refractivity contribution is 0.0951. The number of rotatable bonds is 5. The maximum atomic E-state index is 13.1. The predicted octanol–water partition coefficient (Wildman–Crippen LogP) is 3.05. The van der Waals surface area contributed by atoms with E-state index >= 15 is 0 Å². The van der Waals surface area contributed by atoms with Crippen molar-refractivity contribution in [1.29, 1.82) is 0 Å². The van der Waals surface area contributed by atoms with Gasteiger partial charge in [0.25, 0.3) is 11.5 Å². The number of aromatic nitrogens is 2. The number of carbonyl (C=O) groups excluding carboxylic acids is 1. The molecule has 1 amide bonds. The van der Waals surface area contributed by atoms with Crippen LogP contribution in [0.5, 0.6) is 11.5 Å². The van der Waals surface area contributed by atoms with Crippen LogP contribution in [0.25, 0.3) is 10.9 Å². The van der Waals surface area contributed by atoms with Crippen LogP contribution >= 0.6 is 11.6 Å². The Morgan fingerprint density at radius 3 is 2.70 bits per heavy atom. The molecular formula is C24H18ClN3O5. The van der Waals surface area contributed by atoms with Crippen molar-refractivity contribution in [3.63, 3.8) is 0 Å². The van der Waals surface area contributed by atoms with E-state index in [0.29, 0.717) is 33.2 Å². The molecule has 8 nitrogen and oxygen atoms in total. The van der Waals surface area contributed by atoms with Crippen LogP contribution < -0.4 is 26.0 Å². The topological polar surface area (TPSA) is 102 Å². The third-order valence-corrected chi connectivity index (χ3v) is 5.60. The smallest absolute Gasteiger partial charge is 0.329 e. The van der Waals surface area contributed by atoms with Gasteiger partial charge in [-0.05, 0) is 53.6 Å². The zero-order chi connectivity index (χ0) is 22.9. The summed E-state index contributed by atoms with van der Waals surface area (Å²) >= 11 is 6.01. The summed E-state index contributed by atoms with van der Waals surface area (Å²) < 4.78 is 11.7. The number of fused-ring (bicyclic) bond motifs is 2. The average molecular weight is 464 g/mol. The maximum Gasteiger partial charge on any atom is 0.329 e. The Hall–Kier alpha value is -4.04. The zero-order valence-corrected chi connectivity index (χ0v) is 18.0. The third-order valence-electron chi connectivity index (χ3n) is 5.36. The minimum absolute atomic E-state index is 0.0607. The highest BCUT2D eigenvalue weighted by atomic mass is 35.5. The molecule has 1 aliphatic heterocycles. The summed E-state index contributed by atoms with van der Waals surface area (Å²) in [5.74, 6) is 0.959. The molecule has 33 heavy (non-hydrogen) atoms. The number of benzene rings is 3. The molecule has 0 radical (unpaired) electrons. The molecule has 0 aliphatic carbocycles. The average Bonchev–Trinajstić information content (AvgIpc) is 3.28. The molecule has 3 aromatic carbocycles. The van der Waals surface area contributed by atoms with Crippen molar-refractivity contribution in [2.75, 3.05) is 6.79 Å². The second-order valence-corrected chi connectivity index (χ2v) is 8.02. The lowest BCUT2D eigenvalue weighted by Gasteiger charge is -2.09. The van der Waals surface area contributed by atoms with E-state index in [2.05, 4.69) is 10.3 Å². The Bertz CT molecular complexity index is 1510. The predicted molar refractivity (Wildman–Crippen MR) is 123 cm³/mol. The van der Waals surface area contributed by atoms with E-state index in [-0.39, 0.29) is 31.2 Å². The molecule has 0 atom stereocenters. The molecule has 0 spiro atoms. The monoisotopic (exact) mass is 463 g/mol. The van der Waals surface area contributed by atoms with Crippen molar-refractivity contribution < 1.29 is 14.3 Å². The summed E-state index contributed by atoms with van der Waals surface area (Å²) in [6.07, 6.45) is 0. The number of hydrogen-bond acceptors (Lipinski definition) is 5. The molecule has 0 fully saturated rings. The summed E-state index contributed by atoms with van der Waals surface area (Å²) in [6.45, 7) is 0.516. The van der Waals surface area contributed by atoms with Crippen LogP contribution in [-0.4, -0.2) is 22.3 Å². The summed E-state index contributed by atoms with van der Waals surface area (Å²) in [7, 11) is 0. The molecule has 4 aromatic rings. The van der Waals surface area contributed by atoms with Crippen molar-refractivity contribution in [1.82, 2.24) is 14.9 Å². The van der Waals surface area contributed by atoms with E-state index < -0.39 is 11.2 Å². The number of nitrogens with zero attached hydrogens (tertiary/aromatic N) is 1. The van der Waals surface area contributed by atoms with Gasteiger partial charge < -0.3 is 19.8 Å². The first-order valence-corrected chi connectivity index (χ1v) is 10.5. The van der Waals surface area contributed by atoms with Gasteiger partial charge in [0.05, 0.1) is 17.4 Å². The second kappa shape index (κ2) is 8.48. The quantitative estimate of drug-likeness (QED) is 0.473. The zero-order valence-electron chi connectivity index (χ0n) is 17.3. The molecule has 5 rings (SSSR count). The fraction of sp³-hybridized carbons (Fsp3) is 0.125. The van der Waals surface area contributed by atoms with E-state index in [1.165, 1.54) is 6.07 Å². The van der Waals surface area contributed by atoms with Gasteiger partial charge in [0.1, 0.15) is 0 Å². The summed E-state index contributed by atoms with van der Waals surface area (Å²) in [4.78, 5) is 41.0. The van der Waals surface area contributed by atoms with Crippen molar-refractivity contribution >= 4 is 28.4 Å². The molecule has 166 valence electrons. The summed E-state index contributed by atoms with van der Waals surface area (Å²) in [5.41, 5.74) is 1.21. The molecular weight excluding hydrogens is 446 g/mol. The van der Waals surface area contributed by atoms with Crippen molar-refractivity contribution in [3.05, 3.63) is 103 Å². The molecule has 0 saturated carbocycles. The largest absolute Gasteiger partial charge is 0.454 e. The number of carbonyl (C=O) groups is 1. The normalized spacial score (nSPS) is 12.2. The van der Waals surface area contributed by atoms with E-state index in [1.807, 2.05) is 12.1 Å². The van der Waals surface area contributed by atoms with Crippen LogP contribution in [0.4, 0.5) is 0 Å². The molecule has 1 aliphatic rings. The van der Waals surface area contributed by atoms with E-state index in [1.54, 1.807) is 42.5 Å². The van der Waals surface area contributed by atoms with Gasteiger partial charge in [-0.1, -0.05) is 29.8 Å². The molecule has 1 aromatic heterocycles. The molecule has 0 unspecified atom stereocenters. The highest BCUT2D eigenvalue weighted by Gasteiger charge is 2.15. The number of ether oxygens (including phenoxy) is 2. The molecule has 9 heteroatoms. The van der Waals surface area contributed by atoms with Crippen LogP contribution in [0.1, 0.15) is 21.5 Å². The Morgan fingerprint density at radius 1 is 1.00 bits per heavy atom. The van der Waals surface area contributed by atoms with Crippen molar-refractivity contribution in [2.45, 2.75) is 13.1 Å². The van der Waals surface area contributed by atoms with Gasteiger partial charge in [-0.15, -0.1) is 0 Å². The number of hydrogen-bond donors (Lipinski definition) is 2. The number of H-pyrrole nitrogens is 1. The van der Waals surface area contributed by atoms with Gasteiger partial charge >= 0.3 is 5.69 Å².